The molecule has 0 spiro atoms. The molecule has 0 atom stereocenters. The number of carbonyl (C=O) groups excluding carboxylic acids is 2. The molecule has 0 unspecified atom stereocenters. The Morgan fingerprint density at radius 1 is 1.25 bits per heavy atom. The first-order valence-corrected chi connectivity index (χ1v) is 9.37. The molecule has 3 aromatic rings. The topological polar surface area (TPSA) is 91.2 Å². The van der Waals surface area contributed by atoms with Gasteiger partial charge in [-0.25, -0.2) is 4.98 Å². The van der Waals surface area contributed by atoms with Crippen molar-refractivity contribution in [1.29, 1.82) is 0 Å². The molecule has 2 aromatic heterocycles. The number of imidazole rings is 1. The van der Waals surface area contributed by atoms with Gasteiger partial charge in [0.2, 0.25) is 6.79 Å². The summed E-state index contributed by atoms with van der Waals surface area (Å²) in [6.07, 6.45) is 1.72. The van der Waals surface area contributed by atoms with E-state index in [0.29, 0.717) is 34.2 Å². The Kier molecular flexibility index (Phi) is 4.91. The molecular weight excluding hydrogens is 430 g/mol. The SMILES string of the molecule is CCOC(=O)Cc1nc2ccc(Br)cn2c1NC(=O)c1ccc2c(c1)OCO2. The molecule has 1 aliphatic rings. The van der Waals surface area contributed by atoms with E-state index in [1.54, 1.807) is 41.8 Å². The van der Waals surface area contributed by atoms with Gasteiger partial charge in [-0.05, 0) is 53.2 Å². The lowest BCUT2D eigenvalue weighted by Crippen LogP contribution is -2.16. The number of benzene rings is 1. The molecule has 0 fully saturated rings. The number of esters is 1. The van der Waals surface area contributed by atoms with Crippen molar-refractivity contribution in [3.8, 4) is 11.5 Å². The maximum Gasteiger partial charge on any atom is 0.312 e. The van der Waals surface area contributed by atoms with Crippen LogP contribution < -0.4 is 14.8 Å². The first-order valence-electron chi connectivity index (χ1n) is 8.58. The van der Waals surface area contributed by atoms with Gasteiger partial charge in [0.25, 0.3) is 5.91 Å². The number of nitrogens with zero attached hydrogens (tertiary/aromatic N) is 2. The van der Waals surface area contributed by atoms with E-state index < -0.39 is 5.97 Å². The smallest absolute Gasteiger partial charge is 0.312 e. The van der Waals surface area contributed by atoms with Crippen LogP contribution in [-0.4, -0.2) is 34.7 Å². The lowest BCUT2D eigenvalue weighted by atomic mass is 10.2. The molecule has 1 N–H and O–H groups in total. The maximum atomic E-state index is 12.8. The van der Waals surface area contributed by atoms with Crippen LogP contribution in [0.25, 0.3) is 5.65 Å². The Balaban J connectivity index is 1.68. The van der Waals surface area contributed by atoms with Crippen LogP contribution in [-0.2, 0) is 16.0 Å². The fraction of sp³-hybridized carbons (Fsp3) is 0.211. The van der Waals surface area contributed by atoms with Crippen LogP contribution in [0, 0.1) is 0 Å². The van der Waals surface area contributed by atoms with Crippen molar-refractivity contribution in [1.82, 2.24) is 9.38 Å². The molecule has 0 radical (unpaired) electrons. The molecule has 9 heteroatoms. The lowest BCUT2D eigenvalue weighted by Gasteiger charge is -2.08. The summed E-state index contributed by atoms with van der Waals surface area (Å²) in [7, 11) is 0. The summed E-state index contributed by atoms with van der Waals surface area (Å²) in [6.45, 7) is 2.14. The van der Waals surface area contributed by atoms with Gasteiger partial charge in [-0.3, -0.25) is 14.0 Å². The van der Waals surface area contributed by atoms with E-state index in [9.17, 15) is 9.59 Å². The van der Waals surface area contributed by atoms with Crippen LogP contribution in [0.2, 0.25) is 0 Å². The minimum atomic E-state index is -0.413. The highest BCUT2D eigenvalue weighted by atomic mass is 79.9. The zero-order valence-electron chi connectivity index (χ0n) is 14.9. The number of amides is 1. The number of ether oxygens (including phenoxy) is 3. The van der Waals surface area contributed by atoms with Gasteiger partial charge < -0.3 is 19.5 Å². The van der Waals surface area contributed by atoms with Gasteiger partial charge >= 0.3 is 5.97 Å². The summed E-state index contributed by atoms with van der Waals surface area (Å²) in [5, 5.41) is 2.85. The normalized spacial score (nSPS) is 12.2. The van der Waals surface area contributed by atoms with E-state index in [-0.39, 0.29) is 25.7 Å². The Labute approximate surface area is 168 Å². The van der Waals surface area contributed by atoms with Crippen LogP contribution in [0.3, 0.4) is 0 Å². The molecular formula is C19H16BrN3O5. The zero-order chi connectivity index (χ0) is 19.7. The van der Waals surface area contributed by atoms with E-state index >= 15 is 0 Å². The second-order valence-corrected chi connectivity index (χ2v) is 6.90. The summed E-state index contributed by atoms with van der Waals surface area (Å²) in [5.74, 6) is 0.749. The van der Waals surface area contributed by atoms with Crippen molar-refractivity contribution >= 4 is 39.3 Å². The first-order chi connectivity index (χ1) is 13.5. The van der Waals surface area contributed by atoms with Gasteiger partial charge in [0.15, 0.2) is 11.5 Å². The number of rotatable bonds is 5. The van der Waals surface area contributed by atoms with Gasteiger partial charge in [-0.15, -0.1) is 0 Å². The van der Waals surface area contributed by atoms with Crippen LogP contribution in [0.4, 0.5) is 5.82 Å². The Morgan fingerprint density at radius 3 is 2.89 bits per heavy atom. The molecule has 28 heavy (non-hydrogen) atoms. The van der Waals surface area contributed by atoms with Crippen LogP contribution in [0.1, 0.15) is 23.0 Å². The van der Waals surface area contributed by atoms with Gasteiger partial charge in [-0.2, -0.15) is 0 Å². The number of halogens is 1. The number of nitrogens with one attached hydrogen (secondary N) is 1. The Hall–Kier alpha value is -3.07. The van der Waals surface area contributed by atoms with E-state index in [1.165, 1.54) is 0 Å². The fourth-order valence-electron chi connectivity index (χ4n) is 2.89. The molecule has 1 amide bonds. The van der Waals surface area contributed by atoms with Crippen molar-refractivity contribution in [2.45, 2.75) is 13.3 Å². The van der Waals surface area contributed by atoms with Gasteiger partial charge in [0.1, 0.15) is 11.5 Å². The minimum absolute atomic E-state index is 0.0517. The van der Waals surface area contributed by atoms with Crippen molar-refractivity contribution in [2.24, 2.45) is 0 Å². The molecule has 8 nitrogen and oxygen atoms in total. The minimum Gasteiger partial charge on any atom is -0.466 e. The largest absolute Gasteiger partial charge is 0.466 e. The maximum absolute atomic E-state index is 12.8. The Morgan fingerprint density at radius 2 is 2.07 bits per heavy atom. The number of aromatic nitrogens is 2. The van der Waals surface area contributed by atoms with Crippen molar-refractivity contribution in [2.75, 3.05) is 18.7 Å². The average molecular weight is 446 g/mol. The third kappa shape index (κ3) is 3.53. The Bertz CT molecular complexity index is 1080. The number of carbonyl (C=O) groups is 2. The molecule has 0 saturated heterocycles. The molecule has 1 aliphatic heterocycles. The van der Waals surface area contributed by atoms with Crippen molar-refractivity contribution in [3.05, 3.63) is 52.3 Å². The molecule has 0 saturated carbocycles. The van der Waals surface area contributed by atoms with Crippen LogP contribution in [0.15, 0.2) is 41.0 Å². The number of fused-ring (bicyclic) bond motifs is 2. The van der Waals surface area contributed by atoms with E-state index in [2.05, 4.69) is 26.2 Å². The van der Waals surface area contributed by atoms with E-state index in [4.69, 9.17) is 14.2 Å². The third-order valence-corrected chi connectivity index (χ3v) is 4.61. The standard InChI is InChI=1S/C19H16BrN3O5/c1-2-26-17(24)8-13-18(23-9-12(20)4-6-16(23)21-13)22-19(25)11-3-5-14-15(7-11)28-10-27-14/h3-7,9H,2,8,10H2,1H3,(H,22,25). The summed E-state index contributed by atoms with van der Waals surface area (Å²) in [4.78, 5) is 29.3. The van der Waals surface area contributed by atoms with Crippen molar-refractivity contribution < 1.29 is 23.8 Å². The van der Waals surface area contributed by atoms with Crippen LogP contribution in [0.5, 0.6) is 11.5 Å². The second-order valence-electron chi connectivity index (χ2n) is 5.99. The molecule has 144 valence electrons. The van der Waals surface area contributed by atoms with E-state index in [1.807, 2.05) is 6.07 Å². The van der Waals surface area contributed by atoms with Gasteiger partial charge in [0.05, 0.1) is 18.7 Å². The highest BCUT2D eigenvalue weighted by Gasteiger charge is 2.21. The molecule has 3 heterocycles. The summed E-state index contributed by atoms with van der Waals surface area (Å²) in [5.41, 5.74) is 1.42. The molecule has 1 aromatic carbocycles. The van der Waals surface area contributed by atoms with Crippen molar-refractivity contribution in [3.63, 3.8) is 0 Å². The monoisotopic (exact) mass is 445 g/mol. The van der Waals surface area contributed by atoms with Gasteiger partial charge in [-0.1, -0.05) is 0 Å². The number of pyridine rings is 1. The molecule has 0 aliphatic carbocycles. The molecule has 4 rings (SSSR count). The number of hydrogen-bond acceptors (Lipinski definition) is 6. The molecule has 0 bridgehead atoms. The number of anilines is 1. The lowest BCUT2D eigenvalue weighted by molar-refractivity contribution is -0.142. The highest BCUT2D eigenvalue weighted by Crippen LogP contribution is 2.33. The second kappa shape index (κ2) is 7.51. The fourth-order valence-corrected chi connectivity index (χ4v) is 3.23. The highest BCUT2D eigenvalue weighted by molar-refractivity contribution is 9.10. The van der Waals surface area contributed by atoms with Gasteiger partial charge in [0, 0.05) is 16.2 Å². The van der Waals surface area contributed by atoms with Crippen LogP contribution >= 0.6 is 15.9 Å². The zero-order valence-corrected chi connectivity index (χ0v) is 16.5. The first kappa shape index (κ1) is 18.3. The predicted octanol–water partition coefficient (Wildman–Crippen LogP) is 3.18. The summed E-state index contributed by atoms with van der Waals surface area (Å²) >= 11 is 3.41. The average Bonchev–Trinajstić information content (AvgIpc) is 3.26. The third-order valence-electron chi connectivity index (χ3n) is 4.14. The summed E-state index contributed by atoms with van der Waals surface area (Å²) < 4.78 is 18.1. The summed E-state index contributed by atoms with van der Waals surface area (Å²) in [6, 6.07) is 8.56. The number of hydrogen-bond donors (Lipinski definition) is 1. The quantitative estimate of drug-likeness (QED) is 0.606. The van der Waals surface area contributed by atoms with E-state index in [0.717, 1.165) is 4.47 Å². The predicted molar refractivity (Wildman–Crippen MR) is 104 cm³/mol.